The maximum Gasteiger partial charge on any atom is 0.411 e. The lowest BCUT2D eigenvalue weighted by molar-refractivity contribution is -0.185. The predicted molar refractivity (Wildman–Crippen MR) is 92.6 cm³/mol. The second kappa shape index (κ2) is 9.89. The maximum absolute atomic E-state index is 12.1. The predicted octanol–water partition coefficient (Wildman–Crippen LogP) is 1.89. The molecule has 1 aliphatic rings. The highest BCUT2D eigenvalue weighted by Gasteiger charge is 2.29. The number of rotatable bonds is 8. The van der Waals surface area contributed by atoms with Crippen LogP contribution < -0.4 is 5.32 Å². The Morgan fingerprint density at radius 1 is 1.15 bits per heavy atom. The Morgan fingerprint density at radius 3 is 2.38 bits per heavy atom. The SMILES string of the molecule is C[C@H](OCC(F)(F)F)C(=O)NCCN1CCN(Cc2ccccc2)CC1. The van der Waals surface area contributed by atoms with E-state index < -0.39 is 24.8 Å². The fourth-order valence-electron chi connectivity index (χ4n) is 2.79. The number of amides is 1. The molecule has 1 aromatic carbocycles. The van der Waals surface area contributed by atoms with E-state index in [9.17, 15) is 18.0 Å². The van der Waals surface area contributed by atoms with Crippen LogP contribution in [-0.4, -0.2) is 73.9 Å². The van der Waals surface area contributed by atoms with Gasteiger partial charge in [-0.15, -0.1) is 0 Å². The molecule has 146 valence electrons. The highest BCUT2D eigenvalue weighted by Crippen LogP contribution is 2.15. The lowest BCUT2D eigenvalue weighted by atomic mass is 10.2. The minimum absolute atomic E-state index is 0.400. The Hall–Kier alpha value is -1.64. The zero-order valence-electron chi connectivity index (χ0n) is 15.0. The fourth-order valence-corrected chi connectivity index (χ4v) is 2.79. The summed E-state index contributed by atoms with van der Waals surface area (Å²) in [6, 6.07) is 10.3. The number of hydrogen-bond acceptors (Lipinski definition) is 4. The minimum atomic E-state index is -4.42. The van der Waals surface area contributed by atoms with E-state index in [1.807, 2.05) is 18.2 Å². The molecule has 8 heteroatoms. The van der Waals surface area contributed by atoms with Gasteiger partial charge < -0.3 is 10.1 Å². The van der Waals surface area contributed by atoms with Crippen LogP contribution in [0.1, 0.15) is 12.5 Å². The van der Waals surface area contributed by atoms with E-state index >= 15 is 0 Å². The number of nitrogens with zero attached hydrogens (tertiary/aromatic N) is 2. The first-order valence-corrected chi connectivity index (χ1v) is 8.78. The lowest BCUT2D eigenvalue weighted by Crippen LogP contribution is -2.48. The van der Waals surface area contributed by atoms with Gasteiger partial charge in [-0.05, 0) is 12.5 Å². The Kier molecular flexibility index (Phi) is 7.86. The summed E-state index contributed by atoms with van der Waals surface area (Å²) in [6.07, 6.45) is -5.53. The number of nitrogens with one attached hydrogen (secondary N) is 1. The van der Waals surface area contributed by atoms with Gasteiger partial charge in [-0.2, -0.15) is 13.2 Å². The van der Waals surface area contributed by atoms with Crippen molar-refractivity contribution in [3.05, 3.63) is 35.9 Å². The van der Waals surface area contributed by atoms with Crippen LogP contribution in [-0.2, 0) is 16.1 Å². The van der Waals surface area contributed by atoms with Crippen LogP contribution in [0.3, 0.4) is 0 Å². The van der Waals surface area contributed by atoms with Crippen LogP contribution in [0.4, 0.5) is 13.2 Å². The Balaban J connectivity index is 1.59. The number of carbonyl (C=O) groups excluding carboxylic acids is 1. The van der Waals surface area contributed by atoms with E-state index in [2.05, 4.69) is 32.0 Å². The Bertz CT molecular complexity index is 546. The molecule has 1 fully saturated rings. The molecule has 5 nitrogen and oxygen atoms in total. The van der Waals surface area contributed by atoms with Gasteiger partial charge in [0.05, 0.1) is 0 Å². The van der Waals surface area contributed by atoms with Gasteiger partial charge in [-0.1, -0.05) is 30.3 Å². The molecule has 2 rings (SSSR count). The number of carbonyl (C=O) groups is 1. The molecule has 0 aliphatic carbocycles. The van der Waals surface area contributed by atoms with Crippen molar-refractivity contribution < 1.29 is 22.7 Å². The molecule has 0 aromatic heterocycles. The van der Waals surface area contributed by atoms with E-state index in [1.54, 1.807) is 0 Å². The van der Waals surface area contributed by atoms with Gasteiger partial charge >= 0.3 is 6.18 Å². The van der Waals surface area contributed by atoms with Gasteiger partial charge in [0.25, 0.3) is 0 Å². The second-order valence-electron chi connectivity index (χ2n) is 6.46. The van der Waals surface area contributed by atoms with E-state index in [0.29, 0.717) is 13.1 Å². The van der Waals surface area contributed by atoms with Crippen LogP contribution in [0, 0.1) is 0 Å². The molecule has 0 spiro atoms. The van der Waals surface area contributed by atoms with Crippen molar-refractivity contribution in [2.24, 2.45) is 0 Å². The number of halogens is 3. The lowest BCUT2D eigenvalue weighted by Gasteiger charge is -2.34. The van der Waals surface area contributed by atoms with Crippen molar-refractivity contribution >= 4 is 5.91 Å². The van der Waals surface area contributed by atoms with Crippen LogP contribution in [0.2, 0.25) is 0 Å². The largest absolute Gasteiger partial charge is 0.411 e. The summed E-state index contributed by atoms with van der Waals surface area (Å²) in [5.41, 5.74) is 1.29. The Morgan fingerprint density at radius 2 is 1.77 bits per heavy atom. The van der Waals surface area contributed by atoms with E-state index in [-0.39, 0.29) is 0 Å². The first kappa shape index (κ1) is 20.7. The molecule has 1 N–H and O–H groups in total. The third-order valence-electron chi connectivity index (χ3n) is 4.31. The summed E-state index contributed by atoms with van der Waals surface area (Å²) >= 11 is 0. The topological polar surface area (TPSA) is 44.8 Å². The summed E-state index contributed by atoms with van der Waals surface area (Å²) in [5, 5.41) is 2.63. The molecule has 0 unspecified atom stereocenters. The first-order chi connectivity index (χ1) is 12.3. The average molecular weight is 373 g/mol. The normalized spacial score (nSPS) is 17.8. The smallest absolute Gasteiger partial charge is 0.359 e. The van der Waals surface area contributed by atoms with E-state index in [1.165, 1.54) is 12.5 Å². The highest BCUT2D eigenvalue weighted by molar-refractivity contribution is 5.80. The molecule has 1 amide bonds. The fraction of sp³-hybridized carbons (Fsp3) is 0.611. The molecular formula is C18H26F3N3O2. The summed E-state index contributed by atoms with van der Waals surface area (Å²) < 4.78 is 40.8. The number of alkyl halides is 3. The van der Waals surface area contributed by atoms with Crippen molar-refractivity contribution in [3.8, 4) is 0 Å². The van der Waals surface area contributed by atoms with Crippen molar-refractivity contribution in [2.75, 3.05) is 45.9 Å². The number of benzene rings is 1. The minimum Gasteiger partial charge on any atom is -0.359 e. The Labute approximate surface area is 152 Å². The highest BCUT2D eigenvalue weighted by atomic mass is 19.4. The molecule has 26 heavy (non-hydrogen) atoms. The number of piperazine rings is 1. The van der Waals surface area contributed by atoms with Crippen LogP contribution in [0.5, 0.6) is 0 Å². The zero-order valence-corrected chi connectivity index (χ0v) is 15.0. The monoisotopic (exact) mass is 373 g/mol. The van der Waals surface area contributed by atoms with Crippen molar-refractivity contribution in [3.63, 3.8) is 0 Å². The van der Waals surface area contributed by atoms with Crippen molar-refractivity contribution in [2.45, 2.75) is 25.7 Å². The van der Waals surface area contributed by atoms with Gasteiger partial charge in [-0.25, -0.2) is 0 Å². The number of ether oxygens (including phenoxy) is 1. The molecule has 1 aromatic rings. The molecule has 0 saturated carbocycles. The van der Waals surface area contributed by atoms with Crippen LogP contribution in [0.15, 0.2) is 30.3 Å². The van der Waals surface area contributed by atoms with Gasteiger partial charge in [-0.3, -0.25) is 14.6 Å². The maximum atomic E-state index is 12.1. The van der Waals surface area contributed by atoms with Crippen molar-refractivity contribution in [1.29, 1.82) is 0 Å². The summed E-state index contributed by atoms with van der Waals surface area (Å²) in [5.74, 6) is -0.517. The van der Waals surface area contributed by atoms with Gasteiger partial charge in [0.15, 0.2) is 0 Å². The summed E-state index contributed by atoms with van der Waals surface area (Å²) in [4.78, 5) is 16.4. The molecule has 1 atom stereocenters. The van der Waals surface area contributed by atoms with Gasteiger partial charge in [0, 0.05) is 45.8 Å². The van der Waals surface area contributed by atoms with Crippen LogP contribution in [0.25, 0.3) is 0 Å². The quantitative estimate of drug-likeness (QED) is 0.756. The molecular weight excluding hydrogens is 347 g/mol. The average Bonchev–Trinajstić information content (AvgIpc) is 2.61. The van der Waals surface area contributed by atoms with E-state index in [0.717, 1.165) is 32.7 Å². The third kappa shape index (κ3) is 7.72. The number of hydrogen-bond donors (Lipinski definition) is 1. The van der Waals surface area contributed by atoms with Gasteiger partial charge in [0.2, 0.25) is 5.91 Å². The first-order valence-electron chi connectivity index (χ1n) is 8.78. The van der Waals surface area contributed by atoms with Gasteiger partial charge in [0.1, 0.15) is 12.7 Å². The molecule has 0 bridgehead atoms. The van der Waals surface area contributed by atoms with E-state index in [4.69, 9.17) is 0 Å². The molecule has 0 radical (unpaired) electrons. The standard InChI is InChI=1S/C18H26F3N3O2/c1-15(26-14-18(19,20)21)17(25)22-7-8-23-9-11-24(12-10-23)13-16-5-3-2-4-6-16/h2-6,15H,7-14H2,1H3,(H,22,25)/t15-/m0/s1. The van der Waals surface area contributed by atoms with Crippen LogP contribution >= 0.6 is 0 Å². The third-order valence-corrected chi connectivity index (χ3v) is 4.31. The molecule has 1 aliphatic heterocycles. The van der Waals surface area contributed by atoms with Crippen molar-refractivity contribution in [1.82, 2.24) is 15.1 Å². The summed E-state index contributed by atoms with van der Waals surface area (Å²) in [7, 11) is 0. The zero-order chi connectivity index (χ0) is 19.0. The molecule has 1 heterocycles. The summed E-state index contributed by atoms with van der Waals surface area (Å²) in [6.45, 7) is 5.63. The molecule has 1 saturated heterocycles. The second-order valence-corrected chi connectivity index (χ2v) is 6.46.